The van der Waals surface area contributed by atoms with Gasteiger partial charge in [-0.1, -0.05) is 30.1 Å². The zero-order valence-electron chi connectivity index (χ0n) is 11.1. The molecule has 2 aromatic rings. The van der Waals surface area contributed by atoms with Crippen molar-refractivity contribution < 1.29 is 18.3 Å². The van der Waals surface area contributed by atoms with Gasteiger partial charge in [-0.2, -0.15) is 13.2 Å². The maximum atomic E-state index is 12.7. The minimum absolute atomic E-state index is 0.0242. The molecule has 0 radical (unpaired) electrons. The molecule has 116 valence electrons. The number of hydrogen-bond acceptors (Lipinski definition) is 2. The van der Waals surface area contributed by atoms with Gasteiger partial charge in [0.1, 0.15) is 12.2 Å². The topological polar surface area (TPSA) is 38.0 Å². The number of hydrogen-bond donors (Lipinski definition) is 1. The monoisotopic (exact) mass is 340 g/mol. The summed E-state index contributed by atoms with van der Waals surface area (Å²) in [5, 5.41) is 10.2. The first kappa shape index (κ1) is 16.4. The largest absolute Gasteiger partial charge is 0.396 e. The second-order valence-electron chi connectivity index (χ2n) is 4.75. The van der Waals surface area contributed by atoms with Crippen molar-refractivity contribution >= 4 is 34.2 Å². The number of benzene rings is 1. The van der Waals surface area contributed by atoms with Crippen LogP contribution in [0.5, 0.6) is 0 Å². The number of aliphatic hydroxyl groups excluding tert-OH is 1. The lowest BCUT2D eigenvalue weighted by Gasteiger charge is -2.14. The molecule has 0 aliphatic heterocycles. The Balaban J connectivity index is 2.57. The summed E-state index contributed by atoms with van der Waals surface area (Å²) < 4.78 is 39.3. The molecule has 1 aromatic heterocycles. The van der Waals surface area contributed by atoms with E-state index in [1.54, 1.807) is 6.92 Å². The molecular weight excluding hydrogens is 328 g/mol. The van der Waals surface area contributed by atoms with Crippen LogP contribution >= 0.6 is 23.2 Å². The highest BCUT2D eigenvalue weighted by atomic mass is 35.5. The van der Waals surface area contributed by atoms with Crippen LogP contribution in [0.2, 0.25) is 10.0 Å². The molecule has 1 unspecified atom stereocenters. The van der Waals surface area contributed by atoms with Crippen LogP contribution in [0.25, 0.3) is 11.0 Å². The highest BCUT2D eigenvalue weighted by Gasteiger charge is 2.31. The molecule has 1 aromatic carbocycles. The first-order valence-electron chi connectivity index (χ1n) is 6.30. The Kier molecular flexibility index (Phi) is 4.70. The van der Waals surface area contributed by atoms with E-state index in [0.717, 1.165) is 0 Å². The Hall–Kier alpha value is -0.980. The average molecular weight is 341 g/mol. The number of aromatic nitrogens is 2. The van der Waals surface area contributed by atoms with Gasteiger partial charge in [0.25, 0.3) is 0 Å². The van der Waals surface area contributed by atoms with E-state index in [1.807, 2.05) is 0 Å². The van der Waals surface area contributed by atoms with Crippen molar-refractivity contribution in [2.75, 3.05) is 0 Å². The van der Waals surface area contributed by atoms with Gasteiger partial charge >= 0.3 is 6.18 Å². The molecule has 2 rings (SSSR count). The Morgan fingerprint density at radius 2 is 1.90 bits per heavy atom. The van der Waals surface area contributed by atoms with E-state index < -0.39 is 18.7 Å². The van der Waals surface area contributed by atoms with Gasteiger partial charge in [-0.05, 0) is 18.6 Å². The molecule has 0 fully saturated rings. The Labute approximate surface area is 129 Å². The molecule has 0 spiro atoms. The summed E-state index contributed by atoms with van der Waals surface area (Å²) in [5.74, 6) is -0.164. The second-order valence-corrected chi connectivity index (χ2v) is 5.56. The summed E-state index contributed by atoms with van der Waals surface area (Å²) in [6, 6.07) is 2.89. The number of fused-ring (bicyclic) bond motifs is 1. The van der Waals surface area contributed by atoms with Crippen molar-refractivity contribution in [3.8, 4) is 0 Å². The molecule has 0 amide bonds. The number of rotatable bonds is 4. The number of halogens is 5. The van der Waals surface area contributed by atoms with Gasteiger partial charge in [-0.25, -0.2) is 4.98 Å². The minimum Gasteiger partial charge on any atom is -0.391 e. The van der Waals surface area contributed by atoms with E-state index in [-0.39, 0.29) is 22.4 Å². The average Bonchev–Trinajstić information content (AvgIpc) is 2.65. The van der Waals surface area contributed by atoms with Crippen LogP contribution in [-0.4, -0.2) is 26.9 Å². The van der Waals surface area contributed by atoms with Crippen molar-refractivity contribution in [2.24, 2.45) is 0 Å². The van der Waals surface area contributed by atoms with E-state index in [4.69, 9.17) is 23.2 Å². The van der Waals surface area contributed by atoms with E-state index >= 15 is 0 Å². The summed E-state index contributed by atoms with van der Waals surface area (Å²) >= 11 is 11.8. The maximum absolute atomic E-state index is 12.7. The highest BCUT2D eigenvalue weighted by molar-refractivity contribution is 6.42. The third-order valence-electron chi connectivity index (χ3n) is 3.09. The molecule has 0 aliphatic rings. The third-order valence-corrected chi connectivity index (χ3v) is 3.81. The lowest BCUT2D eigenvalue weighted by molar-refractivity contribution is -0.129. The predicted octanol–water partition coefficient (Wildman–Crippen LogP) is 4.22. The van der Waals surface area contributed by atoms with Gasteiger partial charge in [0, 0.05) is 0 Å². The van der Waals surface area contributed by atoms with Crippen molar-refractivity contribution in [1.29, 1.82) is 0 Å². The fourth-order valence-corrected chi connectivity index (χ4v) is 2.34. The number of aliphatic hydroxyl groups is 1. The minimum atomic E-state index is -4.39. The first-order chi connectivity index (χ1) is 9.71. The zero-order valence-corrected chi connectivity index (χ0v) is 12.6. The summed E-state index contributed by atoms with van der Waals surface area (Å²) in [4.78, 5) is 3.98. The summed E-state index contributed by atoms with van der Waals surface area (Å²) in [6.45, 7) is 1.77. The smallest absolute Gasteiger partial charge is 0.391 e. The number of alkyl halides is 3. The molecule has 0 bridgehead atoms. The molecule has 0 saturated carbocycles. The van der Waals surface area contributed by atoms with E-state index in [2.05, 4.69) is 4.98 Å². The van der Waals surface area contributed by atoms with E-state index in [1.165, 1.54) is 16.7 Å². The number of imidazole rings is 1. The van der Waals surface area contributed by atoms with Crippen LogP contribution < -0.4 is 0 Å². The Morgan fingerprint density at radius 1 is 1.29 bits per heavy atom. The fraction of sp³-hybridized carbons (Fsp3) is 0.462. The van der Waals surface area contributed by atoms with E-state index in [0.29, 0.717) is 17.5 Å². The number of nitrogens with zero attached hydrogens (tertiary/aromatic N) is 2. The summed E-state index contributed by atoms with van der Waals surface area (Å²) in [7, 11) is 0. The standard InChI is InChI=1S/C13H13Cl2F3N2O/c1-2-7(21)6-20-11-4-9(15)8(14)3-10(11)19-12(20)5-13(16,17)18/h3-4,7,21H,2,5-6H2,1H3. The molecule has 21 heavy (non-hydrogen) atoms. The quantitative estimate of drug-likeness (QED) is 0.904. The van der Waals surface area contributed by atoms with Gasteiger partial charge in [-0.15, -0.1) is 0 Å². The molecule has 1 heterocycles. The molecule has 0 aliphatic carbocycles. The molecule has 3 nitrogen and oxygen atoms in total. The van der Waals surface area contributed by atoms with Gasteiger partial charge in [-0.3, -0.25) is 0 Å². The normalized spacial score (nSPS) is 13.9. The summed E-state index contributed by atoms with van der Waals surface area (Å²) in [5.41, 5.74) is 0.753. The Bertz CT molecular complexity index is 655. The van der Waals surface area contributed by atoms with Gasteiger partial charge in [0.05, 0.1) is 33.7 Å². The second kappa shape index (κ2) is 6.02. The van der Waals surface area contributed by atoms with Crippen LogP contribution in [-0.2, 0) is 13.0 Å². The lowest BCUT2D eigenvalue weighted by atomic mass is 10.2. The molecule has 1 atom stereocenters. The lowest BCUT2D eigenvalue weighted by Crippen LogP contribution is -2.21. The SMILES string of the molecule is CCC(O)Cn1c(CC(F)(F)F)nc2cc(Cl)c(Cl)cc21. The van der Waals surface area contributed by atoms with Crippen molar-refractivity contribution in [3.05, 3.63) is 28.0 Å². The fourth-order valence-electron chi connectivity index (χ4n) is 2.03. The Morgan fingerprint density at radius 3 is 2.48 bits per heavy atom. The van der Waals surface area contributed by atoms with Crippen LogP contribution in [0.15, 0.2) is 12.1 Å². The van der Waals surface area contributed by atoms with Crippen molar-refractivity contribution in [2.45, 2.75) is 38.6 Å². The van der Waals surface area contributed by atoms with Crippen LogP contribution in [0, 0.1) is 0 Å². The third kappa shape index (κ3) is 3.81. The molecule has 0 saturated heterocycles. The van der Waals surface area contributed by atoms with Gasteiger partial charge in [0.15, 0.2) is 0 Å². The molecular formula is C13H13Cl2F3N2O. The van der Waals surface area contributed by atoms with Crippen molar-refractivity contribution in [1.82, 2.24) is 9.55 Å². The zero-order chi connectivity index (χ0) is 15.8. The molecule has 8 heteroatoms. The van der Waals surface area contributed by atoms with Gasteiger partial charge < -0.3 is 9.67 Å². The van der Waals surface area contributed by atoms with Crippen LogP contribution in [0.4, 0.5) is 13.2 Å². The first-order valence-corrected chi connectivity index (χ1v) is 7.06. The maximum Gasteiger partial charge on any atom is 0.396 e. The summed E-state index contributed by atoms with van der Waals surface area (Å²) in [6.07, 6.45) is -5.90. The van der Waals surface area contributed by atoms with Crippen LogP contribution in [0.1, 0.15) is 19.2 Å². The van der Waals surface area contributed by atoms with Gasteiger partial charge in [0.2, 0.25) is 0 Å². The van der Waals surface area contributed by atoms with Crippen molar-refractivity contribution in [3.63, 3.8) is 0 Å². The van der Waals surface area contributed by atoms with Crippen LogP contribution in [0.3, 0.4) is 0 Å². The van der Waals surface area contributed by atoms with E-state index in [9.17, 15) is 18.3 Å². The predicted molar refractivity (Wildman–Crippen MR) is 75.8 cm³/mol. The highest BCUT2D eigenvalue weighted by Crippen LogP contribution is 2.30. The molecule has 1 N–H and O–H groups in total.